The predicted octanol–water partition coefficient (Wildman–Crippen LogP) is 2.54. The average Bonchev–Trinajstić information content (AvgIpc) is 3.02. The van der Waals surface area contributed by atoms with Crippen molar-refractivity contribution in [2.75, 3.05) is 5.32 Å². The molecular formula is C19H19FN4O2. The van der Waals surface area contributed by atoms with Crippen LogP contribution in [0.25, 0.3) is 5.52 Å². The van der Waals surface area contributed by atoms with E-state index in [4.69, 9.17) is 0 Å². The number of nitrogens with zero attached hydrogens (tertiary/aromatic N) is 3. The minimum Gasteiger partial charge on any atom is -0.326 e. The molecule has 0 unspecified atom stereocenters. The van der Waals surface area contributed by atoms with Gasteiger partial charge in [-0.25, -0.2) is 8.91 Å². The molecule has 2 aromatic heterocycles. The van der Waals surface area contributed by atoms with Crippen LogP contribution in [0.5, 0.6) is 0 Å². The highest BCUT2D eigenvalue weighted by atomic mass is 19.1. The summed E-state index contributed by atoms with van der Waals surface area (Å²) < 4.78 is 16.1. The fourth-order valence-corrected chi connectivity index (χ4v) is 3.41. The maximum absolute atomic E-state index is 12.9. The number of fused-ring (bicyclic) bond motifs is 3. The van der Waals surface area contributed by atoms with Crippen molar-refractivity contribution in [1.29, 1.82) is 0 Å². The molecule has 134 valence electrons. The lowest BCUT2D eigenvalue weighted by Crippen LogP contribution is -2.24. The first kappa shape index (κ1) is 16.5. The van der Waals surface area contributed by atoms with Crippen molar-refractivity contribution in [1.82, 2.24) is 14.2 Å². The van der Waals surface area contributed by atoms with Crippen LogP contribution in [0, 0.1) is 5.82 Å². The highest BCUT2D eigenvalue weighted by Crippen LogP contribution is 2.22. The van der Waals surface area contributed by atoms with E-state index < -0.39 is 0 Å². The van der Waals surface area contributed by atoms with Gasteiger partial charge in [0.2, 0.25) is 5.91 Å². The molecule has 0 atom stereocenters. The molecule has 26 heavy (non-hydrogen) atoms. The Kier molecular flexibility index (Phi) is 4.28. The second-order valence-corrected chi connectivity index (χ2v) is 6.53. The molecule has 1 aliphatic carbocycles. The number of hydrogen-bond donors (Lipinski definition) is 1. The zero-order valence-corrected chi connectivity index (χ0v) is 14.2. The maximum atomic E-state index is 12.9. The Hall–Kier alpha value is -2.96. The highest BCUT2D eigenvalue weighted by molar-refractivity contribution is 5.90. The molecule has 2 heterocycles. The quantitative estimate of drug-likeness (QED) is 0.783. The summed E-state index contributed by atoms with van der Waals surface area (Å²) in [5.74, 6) is -0.578. The summed E-state index contributed by atoms with van der Waals surface area (Å²) in [7, 11) is 0. The minimum atomic E-state index is -0.355. The standard InChI is InChI=1S/C19H19FN4O2/c20-13-5-7-14(8-6-13)21-17(25)9-10-23-11-12-24-18(19(23)26)15-3-1-2-4-16(15)22-24/h5-8,11-12H,1-4,9-10H2,(H,21,25). The second kappa shape index (κ2) is 6.74. The number of carbonyl (C=O) groups excluding carboxylic acids is 1. The van der Waals surface area contributed by atoms with E-state index in [1.165, 1.54) is 24.3 Å². The number of amides is 1. The normalized spacial score (nSPS) is 13.6. The lowest BCUT2D eigenvalue weighted by atomic mass is 9.97. The van der Waals surface area contributed by atoms with Crippen LogP contribution in [-0.2, 0) is 24.2 Å². The van der Waals surface area contributed by atoms with E-state index in [-0.39, 0.29) is 30.2 Å². The monoisotopic (exact) mass is 354 g/mol. The Bertz CT molecular complexity index is 1020. The van der Waals surface area contributed by atoms with Gasteiger partial charge < -0.3 is 9.88 Å². The number of anilines is 1. The van der Waals surface area contributed by atoms with Gasteiger partial charge in [0, 0.05) is 36.6 Å². The summed E-state index contributed by atoms with van der Waals surface area (Å²) >= 11 is 0. The zero-order valence-electron chi connectivity index (χ0n) is 14.2. The molecule has 0 fully saturated rings. The Morgan fingerprint density at radius 1 is 1.15 bits per heavy atom. The molecule has 0 spiro atoms. The number of benzene rings is 1. The summed E-state index contributed by atoms with van der Waals surface area (Å²) in [6.07, 6.45) is 7.56. The van der Waals surface area contributed by atoms with Crippen molar-refractivity contribution in [2.24, 2.45) is 0 Å². The fourth-order valence-electron chi connectivity index (χ4n) is 3.41. The SMILES string of the molecule is O=C(CCn1ccn2nc3c(c2c1=O)CCCC3)Nc1ccc(F)cc1. The van der Waals surface area contributed by atoms with Crippen LogP contribution in [0.4, 0.5) is 10.1 Å². The molecule has 0 radical (unpaired) electrons. The van der Waals surface area contributed by atoms with Crippen LogP contribution in [0.2, 0.25) is 0 Å². The third-order valence-corrected chi connectivity index (χ3v) is 4.74. The van der Waals surface area contributed by atoms with Gasteiger partial charge in [-0.05, 0) is 49.9 Å². The number of aromatic nitrogens is 3. The van der Waals surface area contributed by atoms with Crippen LogP contribution in [0.15, 0.2) is 41.5 Å². The second-order valence-electron chi connectivity index (χ2n) is 6.53. The van der Waals surface area contributed by atoms with Gasteiger partial charge in [-0.15, -0.1) is 0 Å². The molecule has 1 aromatic carbocycles. The van der Waals surface area contributed by atoms with Crippen LogP contribution in [-0.4, -0.2) is 20.1 Å². The van der Waals surface area contributed by atoms with Gasteiger partial charge >= 0.3 is 0 Å². The number of nitrogens with one attached hydrogen (secondary N) is 1. The van der Waals surface area contributed by atoms with E-state index in [1.54, 1.807) is 21.5 Å². The average molecular weight is 354 g/mol. The van der Waals surface area contributed by atoms with Crippen LogP contribution in [0.1, 0.15) is 30.5 Å². The molecule has 1 aliphatic rings. The van der Waals surface area contributed by atoms with Crippen molar-refractivity contribution >= 4 is 17.1 Å². The fraction of sp³-hybridized carbons (Fsp3) is 0.316. The largest absolute Gasteiger partial charge is 0.326 e. The van der Waals surface area contributed by atoms with Gasteiger partial charge in [0.15, 0.2) is 0 Å². The minimum absolute atomic E-state index is 0.113. The number of rotatable bonds is 4. The first-order chi connectivity index (χ1) is 12.6. The lowest BCUT2D eigenvalue weighted by Gasteiger charge is -2.10. The van der Waals surface area contributed by atoms with Crippen molar-refractivity contribution in [3.8, 4) is 0 Å². The number of carbonyl (C=O) groups is 1. The predicted molar refractivity (Wildman–Crippen MR) is 95.7 cm³/mol. The Morgan fingerprint density at radius 3 is 2.73 bits per heavy atom. The van der Waals surface area contributed by atoms with Crippen molar-refractivity contribution in [2.45, 2.75) is 38.6 Å². The van der Waals surface area contributed by atoms with Gasteiger partial charge in [-0.3, -0.25) is 9.59 Å². The van der Waals surface area contributed by atoms with Gasteiger partial charge in [0.25, 0.3) is 5.56 Å². The maximum Gasteiger partial charge on any atom is 0.276 e. The van der Waals surface area contributed by atoms with Gasteiger partial charge in [-0.2, -0.15) is 5.10 Å². The molecule has 0 saturated heterocycles. The molecule has 1 N–H and O–H groups in total. The molecule has 1 amide bonds. The van der Waals surface area contributed by atoms with Gasteiger partial charge in [-0.1, -0.05) is 0 Å². The van der Waals surface area contributed by atoms with Gasteiger partial charge in [0.1, 0.15) is 11.3 Å². The third kappa shape index (κ3) is 3.12. The van der Waals surface area contributed by atoms with E-state index in [9.17, 15) is 14.0 Å². The van der Waals surface area contributed by atoms with Crippen LogP contribution < -0.4 is 10.9 Å². The van der Waals surface area contributed by atoms with Crippen LogP contribution >= 0.6 is 0 Å². The Balaban J connectivity index is 1.50. The summed E-state index contributed by atoms with van der Waals surface area (Å²) in [5.41, 5.74) is 3.11. The number of hydrogen-bond acceptors (Lipinski definition) is 3. The number of halogens is 1. The molecule has 6 nitrogen and oxygen atoms in total. The van der Waals surface area contributed by atoms with Crippen LogP contribution in [0.3, 0.4) is 0 Å². The Morgan fingerprint density at radius 2 is 1.92 bits per heavy atom. The molecule has 3 aromatic rings. The first-order valence-electron chi connectivity index (χ1n) is 8.77. The number of aryl methyl sites for hydroxylation is 3. The molecule has 0 aliphatic heterocycles. The van der Waals surface area contributed by atoms with Crippen molar-refractivity contribution < 1.29 is 9.18 Å². The smallest absolute Gasteiger partial charge is 0.276 e. The summed E-state index contributed by atoms with van der Waals surface area (Å²) in [4.78, 5) is 24.9. The lowest BCUT2D eigenvalue weighted by molar-refractivity contribution is -0.116. The topological polar surface area (TPSA) is 68.4 Å². The summed E-state index contributed by atoms with van der Waals surface area (Å²) in [6, 6.07) is 5.58. The molecule has 0 saturated carbocycles. The summed E-state index contributed by atoms with van der Waals surface area (Å²) in [5, 5.41) is 7.21. The van der Waals surface area contributed by atoms with Crippen molar-refractivity contribution in [3.63, 3.8) is 0 Å². The Labute approximate surface area is 149 Å². The van der Waals surface area contributed by atoms with Crippen molar-refractivity contribution in [3.05, 3.63) is 64.1 Å². The highest BCUT2D eigenvalue weighted by Gasteiger charge is 2.19. The molecule has 4 rings (SSSR count). The first-order valence-corrected chi connectivity index (χ1v) is 8.77. The van der Waals surface area contributed by atoms with E-state index in [2.05, 4.69) is 10.4 Å². The van der Waals surface area contributed by atoms with E-state index in [0.29, 0.717) is 11.2 Å². The van der Waals surface area contributed by atoms with E-state index in [0.717, 1.165) is 36.9 Å². The molecule has 0 bridgehead atoms. The molecule has 7 heteroatoms. The van der Waals surface area contributed by atoms with Gasteiger partial charge in [0.05, 0.1) is 5.69 Å². The molecular weight excluding hydrogens is 335 g/mol. The van der Waals surface area contributed by atoms with E-state index in [1.807, 2.05) is 0 Å². The van der Waals surface area contributed by atoms with E-state index >= 15 is 0 Å². The third-order valence-electron chi connectivity index (χ3n) is 4.74. The zero-order chi connectivity index (χ0) is 18.1. The summed E-state index contributed by atoms with van der Waals surface area (Å²) in [6.45, 7) is 0.280.